The summed E-state index contributed by atoms with van der Waals surface area (Å²) in [6.45, 7) is 4.83. The summed E-state index contributed by atoms with van der Waals surface area (Å²) in [5.74, 6) is 0.302. The molecule has 0 bridgehead atoms. The maximum atomic E-state index is 12.4. The van der Waals surface area contributed by atoms with Crippen LogP contribution in [-0.4, -0.2) is 43.0 Å². The third-order valence-corrected chi connectivity index (χ3v) is 4.62. The van der Waals surface area contributed by atoms with Gasteiger partial charge in [-0.25, -0.2) is 13.4 Å². The molecule has 2 N–H and O–H groups in total. The van der Waals surface area contributed by atoms with Gasteiger partial charge in [0.2, 0.25) is 10.0 Å². The van der Waals surface area contributed by atoms with Crippen molar-refractivity contribution in [3.05, 3.63) is 18.3 Å². The second kappa shape index (κ2) is 4.49. The van der Waals surface area contributed by atoms with Crippen LogP contribution in [0.15, 0.2) is 23.2 Å². The van der Waals surface area contributed by atoms with E-state index >= 15 is 0 Å². The van der Waals surface area contributed by atoms with Crippen molar-refractivity contribution >= 4 is 15.8 Å². The third kappa shape index (κ3) is 2.63. The van der Waals surface area contributed by atoms with Crippen LogP contribution < -0.4 is 5.73 Å². The van der Waals surface area contributed by atoms with Gasteiger partial charge in [-0.2, -0.15) is 4.31 Å². The molecule has 2 heterocycles. The van der Waals surface area contributed by atoms with Crippen LogP contribution in [0.3, 0.4) is 0 Å². The molecule has 0 amide bonds. The highest BCUT2D eigenvalue weighted by molar-refractivity contribution is 7.89. The summed E-state index contributed by atoms with van der Waals surface area (Å²) in [5.41, 5.74) is 4.99. The summed E-state index contributed by atoms with van der Waals surface area (Å²) in [7, 11) is -3.51. The molecule has 0 saturated carbocycles. The molecular formula is C11H17N3O3S. The number of ether oxygens (including phenoxy) is 1. The molecule has 0 spiro atoms. The number of rotatable bonds is 2. The highest BCUT2D eigenvalue weighted by atomic mass is 32.2. The molecule has 1 aliphatic heterocycles. The maximum Gasteiger partial charge on any atom is 0.244 e. The number of nitrogens with zero attached hydrogens (tertiary/aromatic N) is 2. The standard InChI is InChI=1S/C11H17N3O3S/c1-11(2)8-14(5-6-17-11)18(15,16)9-3-4-10(12)13-7-9/h3-4,7H,5-6,8H2,1-2H3,(H2,12,13). The van der Waals surface area contributed by atoms with Crippen LogP contribution in [0.4, 0.5) is 5.82 Å². The van der Waals surface area contributed by atoms with Gasteiger partial charge in [0.05, 0.1) is 12.2 Å². The SMILES string of the molecule is CC1(C)CN(S(=O)(=O)c2ccc(N)nc2)CCO1. The Morgan fingerprint density at radius 2 is 2.17 bits per heavy atom. The van der Waals surface area contributed by atoms with Gasteiger partial charge in [-0.15, -0.1) is 0 Å². The summed E-state index contributed by atoms with van der Waals surface area (Å²) >= 11 is 0. The van der Waals surface area contributed by atoms with Crippen molar-refractivity contribution in [1.82, 2.24) is 9.29 Å². The smallest absolute Gasteiger partial charge is 0.244 e. The Balaban J connectivity index is 2.28. The molecule has 7 heteroatoms. The number of nitrogens with two attached hydrogens (primary N) is 1. The quantitative estimate of drug-likeness (QED) is 0.844. The van der Waals surface area contributed by atoms with Gasteiger partial charge in [0.15, 0.2) is 0 Å². The zero-order valence-electron chi connectivity index (χ0n) is 10.5. The van der Waals surface area contributed by atoms with Crippen LogP contribution >= 0.6 is 0 Å². The van der Waals surface area contributed by atoms with Crippen molar-refractivity contribution in [2.75, 3.05) is 25.4 Å². The van der Waals surface area contributed by atoms with E-state index in [1.807, 2.05) is 13.8 Å². The van der Waals surface area contributed by atoms with E-state index in [1.165, 1.54) is 22.6 Å². The predicted molar refractivity (Wildman–Crippen MR) is 67.4 cm³/mol. The van der Waals surface area contributed by atoms with E-state index in [1.54, 1.807) is 0 Å². The van der Waals surface area contributed by atoms with Gasteiger partial charge in [0, 0.05) is 19.3 Å². The number of anilines is 1. The van der Waals surface area contributed by atoms with Crippen LogP contribution in [0, 0.1) is 0 Å². The molecule has 0 unspecified atom stereocenters. The van der Waals surface area contributed by atoms with Crippen molar-refractivity contribution in [3.8, 4) is 0 Å². The normalized spacial score (nSPS) is 20.8. The first-order valence-electron chi connectivity index (χ1n) is 5.67. The van der Waals surface area contributed by atoms with E-state index in [0.717, 1.165) is 0 Å². The Bertz CT molecular complexity index is 525. The molecule has 1 aromatic rings. The minimum absolute atomic E-state index is 0.161. The second-order valence-electron chi connectivity index (χ2n) is 4.87. The lowest BCUT2D eigenvalue weighted by Crippen LogP contribution is -2.50. The van der Waals surface area contributed by atoms with Crippen molar-refractivity contribution in [2.45, 2.75) is 24.3 Å². The molecule has 18 heavy (non-hydrogen) atoms. The van der Waals surface area contributed by atoms with Gasteiger partial charge >= 0.3 is 0 Å². The molecule has 1 saturated heterocycles. The van der Waals surface area contributed by atoms with Gasteiger partial charge in [-0.05, 0) is 26.0 Å². The summed E-state index contributed by atoms with van der Waals surface area (Å²) in [6, 6.07) is 2.96. The van der Waals surface area contributed by atoms with E-state index in [2.05, 4.69) is 4.98 Å². The topological polar surface area (TPSA) is 85.5 Å². The average Bonchev–Trinajstić information content (AvgIpc) is 2.28. The monoisotopic (exact) mass is 271 g/mol. The van der Waals surface area contributed by atoms with E-state index in [4.69, 9.17) is 10.5 Å². The number of sulfonamides is 1. The Kier molecular flexibility index (Phi) is 3.31. The van der Waals surface area contributed by atoms with Crippen LogP contribution in [0.25, 0.3) is 0 Å². The first kappa shape index (κ1) is 13.3. The van der Waals surface area contributed by atoms with Crippen LogP contribution in [0.2, 0.25) is 0 Å². The van der Waals surface area contributed by atoms with Crippen LogP contribution in [0.5, 0.6) is 0 Å². The summed E-state index contributed by atoms with van der Waals surface area (Å²) in [5, 5.41) is 0. The van der Waals surface area contributed by atoms with Crippen molar-refractivity contribution < 1.29 is 13.2 Å². The molecule has 1 fully saturated rings. The Morgan fingerprint density at radius 1 is 1.44 bits per heavy atom. The first-order valence-corrected chi connectivity index (χ1v) is 7.11. The minimum Gasteiger partial charge on any atom is -0.384 e. The lowest BCUT2D eigenvalue weighted by atomic mass is 10.1. The minimum atomic E-state index is -3.51. The molecule has 2 rings (SSSR count). The summed E-state index contributed by atoms with van der Waals surface area (Å²) in [6.07, 6.45) is 1.28. The highest BCUT2D eigenvalue weighted by Crippen LogP contribution is 2.23. The van der Waals surface area contributed by atoms with E-state index in [-0.39, 0.29) is 4.90 Å². The van der Waals surface area contributed by atoms with Gasteiger partial charge in [0.1, 0.15) is 10.7 Å². The fourth-order valence-corrected chi connectivity index (χ4v) is 3.39. The molecular weight excluding hydrogens is 254 g/mol. The first-order chi connectivity index (χ1) is 8.31. The van der Waals surface area contributed by atoms with Gasteiger partial charge in [-0.3, -0.25) is 0 Å². The number of nitrogen functional groups attached to an aromatic ring is 1. The maximum absolute atomic E-state index is 12.4. The van der Waals surface area contributed by atoms with Crippen molar-refractivity contribution in [2.24, 2.45) is 0 Å². The molecule has 100 valence electrons. The average molecular weight is 271 g/mol. The largest absolute Gasteiger partial charge is 0.384 e. The highest BCUT2D eigenvalue weighted by Gasteiger charge is 2.34. The Labute approximate surface area is 107 Å². The van der Waals surface area contributed by atoms with E-state index in [9.17, 15) is 8.42 Å². The fraction of sp³-hybridized carbons (Fsp3) is 0.545. The second-order valence-corrected chi connectivity index (χ2v) is 6.80. The van der Waals surface area contributed by atoms with Crippen molar-refractivity contribution in [3.63, 3.8) is 0 Å². The number of pyridine rings is 1. The Morgan fingerprint density at radius 3 is 2.72 bits per heavy atom. The van der Waals surface area contributed by atoms with E-state index < -0.39 is 15.6 Å². The third-order valence-electron chi connectivity index (χ3n) is 2.79. The number of aromatic nitrogens is 1. The van der Waals surface area contributed by atoms with Gasteiger partial charge in [0.25, 0.3) is 0 Å². The summed E-state index contributed by atoms with van der Waals surface area (Å²) < 4.78 is 31.7. The number of morpholine rings is 1. The predicted octanol–water partition coefficient (Wildman–Crippen LogP) is 0.463. The van der Waals surface area contributed by atoms with Crippen molar-refractivity contribution in [1.29, 1.82) is 0 Å². The summed E-state index contributed by atoms with van der Waals surface area (Å²) in [4.78, 5) is 3.98. The molecule has 0 atom stereocenters. The molecule has 0 radical (unpaired) electrons. The zero-order valence-corrected chi connectivity index (χ0v) is 11.3. The fourth-order valence-electron chi connectivity index (χ4n) is 1.87. The zero-order chi connectivity index (χ0) is 13.4. The van der Waals surface area contributed by atoms with E-state index in [0.29, 0.717) is 25.5 Å². The lowest BCUT2D eigenvalue weighted by Gasteiger charge is -2.37. The molecule has 6 nitrogen and oxygen atoms in total. The molecule has 1 aromatic heterocycles. The van der Waals surface area contributed by atoms with Gasteiger partial charge < -0.3 is 10.5 Å². The molecule has 0 aliphatic carbocycles. The van der Waals surface area contributed by atoms with Crippen LogP contribution in [0.1, 0.15) is 13.8 Å². The molecule has 1 aliphatic rings. The number of hydrogen-bond donors (Lipinski definition) is 1. The van der Waals surface area contributed by atoms with Gasteiger partial charge in [-0.1, -0.05) is 0 Å². The lowest BCUT2D eigenvalue weighted by molar-refractivity contribution is -0.0640. The number of hydrogen-bond acceptors (Lipinski definition) is 5. The van der Waals surface area contributed by atoms with Crippen LogP contribution in [-0.2, 0) is 14.8 Å². The Hall–Kier alpha value is -1.18. The molecule has 0 aromatic carbocycles.